The van der Waals surface area contributed by atoms with Crippen LogP contribution in [0.3, 0.4) is 0 Å². The first kappa shape index (κ1) is 15.2. The minimum Gasteiger partial charge on any atom is -0.370 e. The van der Waals surface area contributed by atoms with E-state index in [0.717, 1.165) is 18.2 Å². The van der Waals surface area contributed by atoms with Crippen LogP contribution < -0.4 is 16.4 Å². The normalized spacial score (nSPS) is 11.5. The van der Waals surface area contributed by atoms with Crippen LogP contribution in [0, 0.1) is 0 Å². The Morgan fingerprint density at radius 3 is 2.42 bits per heavy atom. The second kappa shape index (κ2) is 5.86. The number of primary amides is 1. The van der Waals surface area contributed by atoms with E-state index in [0.29, 0.717) is 5.82 Å². The van der Waals surface area contributed by atoms with E-state index in [1.54, 1.807) is 19.9 Å². The highest BCUT2D eigenvalue weighted by Crippen LogP contribution is 2.19. The summed E-state index contributed by atoms with van der Waals surface area (Å²) in [5.41, 5.74) is 4.50. The van der Waals surface area contributed by atoms with Crippen LogP contribution in [0.1, 0.15) is 46.4 Å². The number of nitrogens with two attached hydrogens (primary N) is 1. The monoisotopic (exact) mass is 265 g/mol. The molecule has 4 N–H and O–H groups in total. The lowest BCUT2D eigenvalue weighted by Gasteiger charge is -2.23. The number of rotatable bonds is 6. The number of nitrogens with zero attached hydrogens (tertiary/aromatic N) is 2. The van der Waals surface area contributed by atoms with Crippen molar-refractivity contribution in [2.45, 2.75) is 46.1 Å². The summed E-state index contributed by atoms with van der Waals surface area (Å²) in [5.74, 6) is 1.83. The van der Waals surface area contributed by atoms with Crippen molar-refractivity contribution in [2.24, 2.45) is 5.73 Å². The summed E-state index contributed by atoms with van der Waals surface area (Å²) in [5, 5.41) is 6.20. The van der Waals surface area contributed by atoms with Gasteiger partial charge in [0.2, 0.25) is 5.91 Å². The van der Waals surface area contributed by atoms with Gasteiger partial charge in [-0.3, -0.25) is 4.79 Å². The molecule has 0 fully saturated rings. The van der Waals surface area contributed by atoms with Crippen molar-refractivity contribution < 1.29 is 4.79 Å². The molecule has 0 bridgehead atoms. The van der Waals surface area contributed by atoms with Crippen molar-refractivity contribution in [2.75, 3.05) is 17.2 Å². The highest BCUT2D eigenvalue weighted by molar-refractivity contribution is 5.86. The fourth-order valence-electron chi connectivity index (χ4n) is 1.44. The molecule has 0 saturated heterocycles. The Morgan fingerprint density at radius 2 is 1.95 bits per heavy atom. The van der Waals surface area contributed by atoms with Gasteiger partial charge in [-0.25, -0.2) is 9.97 Å². The van der Waals surface area contributed by atoms with Gasteiger partial charge < -0.3 is 16.4 Å². The Morgan fingerprint density at radius 1 is 1.37 bits per heavy atom. The van der Waals surface area contributed by atoms with E-state index < -0.39 is 11.4 Å². The summed E-state index contributed by atoms with van der Waals surface area (Å²) in [6, 6.07) is 1.78. The van der Waals surface area contributed by atoms with Crippen LogP contribution in [0.25, 0.3) is 0 Å². The van der Waals surface area contributed by atoms with E-state index in [-0.39, 0.29) is 5.92 Å². The van der Waals surface area contributed by atoms with Crippen molar-refractivity contribution >= 4 is 17.5 Å². The van der Waals surface area contributed by atoms with Crippen molar-refractivity contribution in [1.82, 2.24) is 9.97 Å². The molecule has 6 nitrogen and oxygen atoms in total. The number of carbonyl (C=O) groups excluding carboxylic acids is 1. The summed E-state index contributed by atoms with van der Waals surface area (Å²) in [6.07, 6.45) is 0. The Hall–Kier alpha value is -1.85. The molecule has 0 aliphatic carbocycles. The Bertz CT molecular complexity index is 456. The molecule has 1 rings (SSSR count). The van der Waals surface area contributed by atoms with Gasteiger partial charge in [0.05, 0.1) is 0 Å². The second-order valence-corrected chi connectivity index (χ2v) is 5.30. The third-order valence-corrected chi connectivity index (χ3v) is 2.67. The van der Waals surface area contributed by atoms with Gasteiger partial charge in [0.15, 0.2) is 0 Å². The molecule has 0 saturated carbocycles. The van der Waals surface area contributed by atoms with Gasteiger partial charge in [-0.2, -0.15) is 0 Å². The molecule has 1 aromatic rings. The molecule has 1 heterocycles. The fourth-order valence-corrected chi connectivity index (χ4v) is 1.44. The van der Waals surface area contributed by atoms with Crippen LogP contribution in [-0.4, -0.2) is 28.0 Å². The average molecular weight is 265 g/mol. The van der Waals surface area contributed by atoms with Crippen LogP contribution in [0.15, 0.2) is 6.07 Å². The van der Waals surface area contributed by atoms with Crippen LogP contribution >= 0.6 is 0 Å². The molecule has 6 heteroatoms. The molecule has 106 valence electrons. The van der Waals surface area contributed by atoms with E-state index in [9.17, 15) is 4.79 Å². The van der Waals surface area contributed by atoms with Gasteiger partial charge in [-0.05, 0) is 20.8 Å². The lowest BCUT2D eigenvalue weighted by Crippen LogP contribution is -2.45. The topological polar surface area (TPSA) is 92.9 Å². The molecule has 0 radical (unpaired) electrons. The Balaban J connectivity index is 3.09. The summed E-state index contributed by atoms with van der Waals surface area (Å²) >= 11 is 0. The zero-order chi connectivity index (χ0) is 14.6. The second-order valence-electron chi connectivity index (χ2n) is 5.30. The van der Waals surface area contributed by atoms with Gasteiger partial charge in [-0.1, -0.05) is 13.8 Å². The summed E-state index contributed by atoms with van der Waals surface area (Å²) in [6.45, 7) is 10.3. The lowest BCUT2D eigenvalue weighted by atomic mass is 10.1. The lowest BCUT2D eigenvalue weighted by molar-refractivity contribution is -0.121. The van der Waals surface area contributed by atoms with Crippen LogP contribution in [0.2, 0.25) is 0 Å². The van der Waals surface area contributed by atoms with E-state index in [4.69, 9.17) is 5.73 Å². The quantitative estimate of drug-likeness (QED) is 0.728. The standard InChI is InChI=1S/C13H23N5O/c1-6-15-9-7-10(17-11(16-9)8(2)3)18-13(4,5)12(14)19/h7-8H,6H2,1-5H3,(H2,14,19)(H2,15,16,17,18). The molecule has 0 spiro atoms. The van der Waals surface area contributed by atoms with Crippen molar-refractivity contribution in [3.05, 3.63) is 11.9 Å². The third kappa shape index (κ3) is 4.08. The third-order valence-electron chi connectivity index (χ3n) is 2.67. The zero-order valence-electron chi connectivity index (χ0n) is 12.2. The largest absolute Gasteiger partial charge is 0.370 e. The number of hydrogen-bond donors (Lipinski definition) is 3. The highest BCUT2D eigenvalue weighted by Gasteiger charge is 2.25. The molecule has 0 aliphatic heterocycles. The first-order valence-corrected chi connectivity index (χ1v) is 6.47. The van der Waals surface area contributed by atoms with E-state index in [1.807, 2.05) is 20.8 Å². The van der Waals surface area contributed by atoms with Crippen molar-refractivity contribution in [3.8, 4) is 0 Å². The number of nitrogens with one attached hydrogen (secondary N) is 2. The maximum atomic E-state index is 11.4. The predicted octanol–water partition coefficient (Wildman–Crippen LogP) is 1.71. The molecule has 1 aromatic heterocycles. The average Bonchev–Trinajstić information content (AvgIpc) is 2.28. The number of aromatic nitrogens is 2. The zero-order valence-corrected chi connectivity index (χ0v) is 12.2. The first-order chi connectivity index (χ1) is 8.76. The molecule has 0 aliphatic rings. The smallest absolute Gasteiger partial charge is 0.242 e. The minimum absolute atomic E-state index is 0.204. The van der Waals surface area contributed by atoms with Crippen molar-refractivity contribution in [3.63, 3.8) is 0 Å². The molecule has 0 aromatic carbocycles. The van der Waals surface area contributed by atoms with E-state index in [1.165, 1.54) is 0 Å². The van der Waals surface area contributed by atoms with Crippen LogP contribution in [0.5, 0.6) is 0 Å². The summed E-state index contributed by atoms with van der Waals surface area (Å²) in [7, 11) is 0. The van der Waals surface area contributed by atoms with Crippen molar-refractivity contribution in [1.29, 1.82) is 0 Å². The number of amides is 1. The summed E-state index contributed by atoms with van der Waals surface area (Å²) < 4.78 is 0. The van der Waals surface area contributed by atoms with E-state index >= 15 is 0 Å². The molecule has 1 amide bonds. The predicted molar refractivity (Wildman–Crippen MR) is 77.2 cm³/mol. The van der Waals surface area contributed by atoms with Crippen LogP contribution in [-0.2, 0) is 4.79 Å². The molecule has 0 unspecified atom stereocenters. The summed E-state index contributed by atoms with van der Waals surface area (Å²) in [4.78, 5) is 20.2. The van der Waals surface area contributed by atoms with Gasteiger partial charge in [0, 0.05) is 18.5 Å². The molecular weight excluding hydrogens is 242 g/mol. The number of hydrogen-bond acceptors (Lipinski definition) is 5. The molecule has 0 atom stereocenters. The fraction of sp³-hybridized carbons (Fsp3) is 0.615. The van der Waals surface area contributed by atoms with Gasteiger partial charge in [0.25, 0.3) is 0 Å². The molecular formula is C13H23N5O. The maximum Gasteiger partial charge on any atom is 0.242 e. The number of anilines is 2. The van der Waals surface area contributed by atoms with Gasteiger partial charge in [0.1, 0.15) is 23.0 Å². The van der Waals surface area contributed by atoms with Gasteiger partial charge >= 0.3 is 0 Å². The maximum absolute atomic E-state index is 11.4. The molecule has 19 heavy (non-hydrogen) atoms. The first-order valence-electron chi connectivity index (χ1n) is 6.47. The van der Waals surface area contributed by atoms with E-state index in [2.05, 4.69) is 20.6 Å². The van der Waals surface area contributed by atoms with Crippen LogP contribution in [0.4, 0.5) is 11.6 Å². The Kier molecular flexibility index (Phi) is 4.69. The number of carbonyl (C=O) groups is 1. The van der Waals surface area contributed by atoms with Gasteiger partial charge in [-0.15, -0.1) is 0 Å². The minimum atomic E-state index is -0.855. The Labute approximate surface area is 114 Å². The SMILES string of the molecule is CCNc1cc(NC(C)(C)C(N)=O)nc(C(C)C)n1. The highest BCUT2D eigenvalue weighted by atomic mass is 16.1.